The first-order valence-corrected chi connectivity index (χ1v) is 6.19. The number of halogens is 2. The fourth-order valence-electron chi connectivity index (χ4n) is 1.93. The van der Waals surface area contributed by atoms with Crippen molar-refractivity contribution in [2.75, 3.05) is 6.61 Å². The summed E-state index contributed by atoms with van der Waals surface area (Å²) >= 11 is 12.0. The Morgan fingerprint density at radius 3 is 2.76 bits per heavy atom. The predicted molar refractivity (Wildman–Crippen MR) is 69.8 cm³/mol. The molecule has 1 atom stereocenters. The van der Waals surface area contributed by atoms with E-state index in [0.29, 0.717) is 10.0 Å². The molecule has 5 heteroatoms. The van der Waals surface area contributed by atoms with E-state index in [-0.39, 0.29) is 6.04 Å². The van der Waals surface area contributed by atoms with Crippen LogP contribution >= 0.6 is 23.2 Å². The van der Waals surface area contributed by atoms with E-state index in [0.717, 1.165) is 30.6 Å². The fourth-order valence-corrected chi connectivity index (χ4v) is 2.45. The molecule has 0 bridgehead atoms. The minimum Gasteiger partial charge on any atom is -0.501 e. The summed E-state index contributed by atoms with van der Waals surface area (Å²) in [6, 6.07) is 5.27. The average Bonchev–Trinajstić information content (AvgIpc) is 2.34. The first-order chi connectivity index (χ1) is 8.22. The largest absolute Gasteiger partial charge is 0.501 e. The smallest absolute Gasteiger partial charge is 0.0876 e. The molecule has 0 spiro atoms. The molecular formula is C12H14Cl2N2O. The van der Waals surface area contributed by atoms with Crippen LogP contribution in [0.2, 0.25) is 10.0 Å². The highest BCUT2D eigenvalue weighted by atomic mass is 35.5. The van der Waals surface area contributed by atoms with Gasteiger partial charge in [0.25, 0.3) is 0 Å². The topological polar surface area (TPSA) is 47.3 Å². The number of ether oxygens (including phenoxy) is 1. The van der Waals surface area contributed by atoms with Crippen LogP contribution in [0.1, 0.15) is 24.4 Å². The van der Waals surface area contributed by atoms with E-state index in [1.165, 1.54) is 0 Å². The number of nitrogens with one attached hydrogen (secondary N) is 1. The molecule has 1 heterocycles. The number of hydrogen-bond donors (Lipinski definition) is 2. The maximum absolute atomic E-state index is 6.17. The number of nitrogens with two attached hydrogens (primary N) is 1. The van der Waals surface area contributed by atoms with Crippen molar-refractivity contribution >= 4 is 23.2 Å². The molecule has 1 aliphatic heterocycles. The Labute approximate surface area is 111 Å². The third-order valence-corrected chi connectivity index (χ3v) is 3.34. The second-order valence-corrected chi connectivity index (χ2v) is 4.78. The molecule has 17 heavy (non-hydrogen) atoms. The number of benzene rings is 1. The lowest BCUT2D eigenvalue weighted by Gasteiger charge is -2.23. The summed E-state index contributed by atoms with van der Waals surface area (Å²) < 4.78 is 5.32. The summed E-state index contributed by atoms with van der Waals surface area (Å²) in [4.78, 5) is 0. The molecule has 0 saturated heterocycles. The maximum Gasteiger partial charge on any atom is 0.0876 e. The van der Waals surface area contributed by atoms with Crippen LogP contribution in [-0.2, 0) is 4.74 Å². The van der Waals surface area contributed by atoms with E-state index < -0.39 is 0 Å². The molecule has 0 radical (unpaired) electrons. The van der Waals surface area contributed by atoms with Crippen molar-refractivity contribution in [1.29, 1.82) is 0 Å². The molecule has 0 aromatic heterocycles. The molecule has 3 N–H and O–H groups in total. The number of hydrazine groups is 1. The fraction of sp³-hybridized carbons (Fsp3) is 0.333. The quantitative estimate of drug-likeness (QED) is 0.656. The molecule has 0 amide bonds. The molecule has 0 saturated carbocycles. The molecule has 1 unspecified atom stereocenters. The Morgan fingerprint density at radius 1 is 1.35 bits per heavy atom. The lowest BCUT2D eigenvalue weighted by atomic mass is 9.96. The third kappa shape index (κ3) is 2.93. The average molecular weight is 273 g/mol. The third-order valence-electron chi connectivity index (χ3n) is 2.77. The van der Waals surface area contributed by atoms with Crippen LogP contribution in [0.4, 0.5) is 0 Å². The van der Waals surface area contributed by atoms with E-state index in [4.69, 9.17) is 33.8 Å². The highest BCUT2D eigenvalue weighted by Crippen LogP contribution is 2.32. The van der Waals surface area contributed by atoms with Crippen molar-refractivity contribution in [3.05, 3.63) is 45.6 Å². The van der Waals surface area contributed by atoms with Gasteiger partial charge in [0.1, 0.15) is 0 Å². The first kappa shape index (κ1) is 12.7. The van der Waals surface area contributed by atoms with Gasteiger partial charge in [0.05, 0.1) is 18.9 Å². The number of rotatable bonds is 3. The zero-order chi connectivity index (χ0) is 12.3. The molecule has 1 aromatic carbocycles. The monoisotopic (exact) mass is 272 g/mol. The highest BCUT2D eigenvalue weighted by Gasteiger charge is 2.20. The second kappa shape index (κ2) is 5.74. The summed E-state index contributed by atoms with van der Waals surface area (Å²) in [5.74, 6) is 5.60. The summed E-state index contributed by atoms with van der Waals surface area (Å²) in [5.41, 5.74) is 4.78. The van der Waals surface area contributed by atoms with Gasteiger partial charge in [0.15, 0.2) is 0 Å². The van der Waals surface area contributed by atoms with Gasteiger partial charge in [-0.3, -0.25) is 5.84 Å². The minimum absolute atomic E-state index is 0.125. The van der Waals surface area contributed by atoms with Gasteiger partial charge in [-0.05, 0) is 36.1 Å². The van der Waals surface area contributed by atoms with Crippen molar-refractivity contribution in [2.45, 2.75) is 18.9 Å². The maximum atomic E-state index is 6.17. The van der Waals surface area contributed by atoms with Crippen LogP contribution in [0, 0.1) is 0 Å². The lowest BCUT2D eigenvalue weighted by Crippen LogP contribution is -2.30. The predicted octanol–water partition coefficient (Wildman–Crippen LogP) is 3.19. The first-order valence-electron chi connectivity index (χ1n) is 5.44. The van der Waals surface area contributed by atoms with Gasteiger partial charge in [-0.25, -0.2) is 5.43 Å². The summed E-state index contributed by atoms with van der Waals surface area (Å²) in [6.45, 7) is 0.759. The normalized spacial score (nSPS) is 17.2. The van der Waals surface area contributed by atoms with Crippen LogP contribution in [0.3, 0.4) is 0 Å². The Bertz CT molecular complexity index is 435. The van der Waals surface area contributed by atoms with Gasteiger partial charge in [-0.15, -0.1) is 0 Å². The Morgan fingerprint density at radius 2 is 2.18 bits per heavy atom. The zero-order valence-corrected chi connectivity index (χ0v) is 10.8. The van der Waals surface area contributed by atoms with Crippen LogP contribution in [0.5, 0.6) is 0 Å². The van der Waals surface area contributed by atoms with E-state index in [2.05, 4.69) is 5.43 Å². The Hall–Kier alpha value is -0.740. The molecule has 1 aromatic rings. The summed E-state index contributed by atoms with van der Waals surface area (Å²) in [6.07, 6.45) is 3.71. The molecule has 3 nitrogen and oxygen atoms in total. The standard InChI is InChI=1S/C12H14Cl2N2O/c13-9-3-4-10(11(14)6-9)12(16-15)8-2-1-5-17-7-8/h3-4,6-7,12,16H,1-2,5,15H2. The van der Waals surface area contributed by atoms with E-state index >= 15 is 0 Å². The molecular weight excluding hydrogens is 259 g/mol. The van der Waals surface area contributed by atoms with Crippen molar-refractivity contribution in [3.63, 3.8) is 0 Å². The van der Waals surface area contributed by atoms with E-state index in [1.807, 2.05) is 6.07 Å². The lowest BCUT2D eigenvalue weighted by molar-refractivity contribution is 0.219. The molecule has 0 fully saturated rings. The molecule has 92 valence electrons. The molecule has 2 rings (SSSR count). The van der Waals surface area contributed by atoms with E-state index in [1.54, 1.807) is 18.4 Å². The summed E-state index contributed by atoms with van der Waals surface area (Å²) in [5, 5.41) is 1.22. The second-order valence-electron chi connectivity index (χ2n) is 3.93. The van der Waals surface area contributed by atoms with Gasteiger partial charge in [0.2, 0.25) is 0 Å². The van der Waals surface area contributed by atoms with Crippen molar-refractivity contribution < 1.29 is 4.74 Å². The zero-order valence-electron chi connectivity index (χ0n) is 9.25. The Kier molecular flexibility index (Phi) is 4.29. The van der Waals surface area contributed by atoms with Crippen molar-refractivity contribution in [2.24, 2.45) is 5.84 Å². The van der Waals surface area contributed by atoms with Crippen molar-refractivity contribution in [1.82, 2.24) is 5.43 Å². The minimum atomic E-state index is -0.125. The van der Waals surface area contributed by atoms with Gasteiger partial charge < -0.3 is 4.74 Å². The van der Waals surface area contributed by atoms with Crippen LogP contribution in [-0.4, -0.2) is 6.61 Å². The summed E-state index contributed by atoms with van der Waals surface area (Å²) in [7, 11) is 0. The van der Waals surface area contributed by atoms with Gasteiger partial charge >= 0.3 is 0 Å². The van der Waals surface area contributed by atoms with E-state index in [9.17, 15) is 0 Å². The molecule has 0 aliphatic carbocycles. The van der Waals surface area contributed by atoms with Gasteiger partial charge in [-0.1, -0.05) is 29.3 Å². The van der Waals surface area contributed by atoms with Crippen LogP contribution in [0.15, 0.2) is 30.0 Å². The molecule has 1 aliphatic rings. The highest BCUT2D eigenvalue weighted by molar-refractivity contribution is 6.35. The van der Waals surface area contributed by atoms with Crippen molar-refractivity contribution in [3.8, 4) is 0 Å². The number of hydrogen-bond acceptors (Lipinski definition) is 3. The van der Waals surface area contributed by atoms with Gasteiger partial charge in [0, 0.05) is 10.0 Å². The van der Waals surface area contributed by atoms with Crippen LogP contribution in [0.25, 0.3) is 0 Å². The Balaban J connectivity index is 2.31. The van der Waals surface area contributed by atoms with Gasteiger partial charge in [-0.2, -0.15) is 0 Å². The SMILES string of the molecule is NNC(C1=COCCC1)c1ccc(Cl)cc1Cl. The van der Waals surface area contributed by atoms with Crippen LogP contribution < -0.4 is 11.3 Å².